The number of alkyl halides is 1. The van der Waals surface area contributed by atoms with Crippen LogP contribution < -0.4 is 9.64 Å². The first kappa shape index (κ1) is 14.7. The van der Waals surface area contributed by atoms with Gasteiger partial charge in [-0.25, -0.2) is 4.39 Å². The van der Waals surface area contributed by atoms with Gasteiger partial charge in [0, 0.05) is 25.0 Å². The minimum Gasteiger partial charge on any atom is -0.496 e. The number of halogens is 2. The van der Waals surface area contributed by atoms with Gasteiger partial charge in [0.25, 0.3) is 0 Å². The molecule has 0 heterocycles. The summed E-state index contributed by atoms with van der Waals surface area (Å²) < 4.78 is 19.4. The van der Waals surface area contributed by atoms with E-state index in [9.17, 15) is 4.39 Å². The molecule has 0 saturated heterocycles. The maximum absolute atomic E-state index is 14.0. The van der Waals surface area contributed by atoms with Crippen molar-refractivity contribution in [2.75, 3.05) is 19.1 Å². The van der Waals surface area contributed by atoms with Gasteiger partial charge in [-0.05, 0) is 17.7 Å². The van der Waals surface area contributed by atoms with Crippen LogP contribution in [0.2, 0.25) is 0 Å². The van der Waals surface area contributed by atoms with Gasteiger partial charge in [-0.1, -0.05) is 30.3 Å². The molecule has 0 amide bonds. The molecule has 0 unspecified atom stereocenters. The maximum Gasteiger partial charge on any atom is 0.146 e. The van der Waals surface area contributed by atoms with E-state index in [2.05, 4.69) is 0 Å². The topological polar surface area (TPSA) is 12.5 Å². The van der Waals surface area contributed by atoms with Gasteiger partial charge in [0.05, 0.1) is 12.8 Å². The Kier molecular flexibility index (Phi) is 4.85. The Labute approximate surface area is 123 Å². The van der Waals surface area contributed by atoms with Crippen LogP contribution in [0.15, 0.2) is 42.5 Å². The number of nitrogens with zero attached hydrogens (tertiary/aromatic N) is 1. The summed E-state index contributed by atoms with van der Waals surface area (Å²) in [6.07, 6.45) is 0. The molecule has 0 aliphatic heterocycles. The summed E-state index contributed by atoms with van der Waals surface area (Å²) in [5.41, 5.74) is 2.32. The molecule has 0 fully saturated rings. The minimum atomic E-state index is -0.263. The SMILES string of the molecule is COc1ccccc1CN(C)c1c(F)cccc1CCl. The molecule has 2 nitrogen and oxygen atoms in total. The number of methoxy groups -OCH3 is 1. The van der Waals surface area contributed by atoms with Crippen LogP contribution >= 0.6 is 11.6 Å². The van der Waals surface area contributed by atoms with Gasteiger partial charge in [0.1, 0.15) is 11.6 Å². The number of anilines is 1. The van der Waals surface area contributed by atoms with Gasteiger partial charge in [-0.3, -0.25) is 0 Å². The molecule has 106 valence electrons. The Bertz CT molecular complexity index is 588. The van der Waals surface area contributed by atoms with Gasteiger partial charge in [-0.15, -0.1) is 11.6 Å². The molecule has 0 aliphatic rings. The number of hydrogen-bond acceptors (Lipinski definition) is 2. The van der Waals surface area contributed by atoms with E-state index >= 15 is 0 Å². The van der Waals surface area contributed by atoms with E-state index in [1.807, 2.05) is 42.3 Å². The number of benzene rings is 2. The van der Waals surface area contributed by atoms with Crippen molar-refractivity contribution in [2.45, 2.75) is 12.4 Å². The van der Waals surface area contributed by atoms with Crippen LogP contribution in [0.5, 0.6) is 5.75 Å². The largest absolute Gasteiger partial charge is 0.496 e. The van der Waals surface area contributed by atoms with Crippen molar-refractivity contribution >= 4 is 17.3 Å². The molecule has 2 aromatic rings. The predicted octanol–water partition coefficient (Wildman–Crippen LogP) is 4.21. The highest BCUT2D eigenvalue weighted by Crippen LogP contribution is 2.28. The van der Waals surface area contributed by atoms with Crippen LogP contribution in [0.1, 0.15) is 11.1 Å². The number of rotatable bonds is 5. The van der Waals surface area contributed by atoms with Crippen molar-refractivity contribution in [3.8, 4) is 5.75 Å². The second kappa shape index (κ2) is 6.62. The molecule has 4 heteroatoms. The third-order valence-electron chi connectivity index (χ3n) is 3.20. The van der Waals surface area contributed by atoms with Gasteiger partial charge >= 0.3 is 0 Å². The number of ether oxygens (including phenoxy) is 1. The van der Waals surface area contributed by atoms with Gasteiger partial charge in [0.2, 0.25) is 0 Å². The average Bonchev–Trinajstić information content (AvgIpc) is 2.47. The van der Waals surface area contributed by atoms with Gasteiger partial charge in [-0.2, -0.15) is 0 Å². The van der Waals surface area contributed by atoms with Crippen molar-refractivity contribution in [2.24, 2.45) is 0 Å². The molecule has 0 radical (unpaired) electrons. The van der Waals surface area contributed by atoms with Crippen LogP contribution in [0.25, 0.3) is 0 Å². The van der Waals surface area contributed by atoms with Crippen LogP contribution in [-0.2, 0) is 12.4 Å². The molecule has 0 spiro atoms. The van der Waals surface area contributed by atoms with E-state index in [1.165, 1.54) is 6.07 Å². The fourth-order valence-corrected chi connectivity index (χ4v) is 2.48. The molecule has 2 aromatic carbocycles. The van der Waals surface area contributed by atoms with Crippen molar-refractivity contribution in [3.63, 3.8) is 0 Å². The molecule has 0 bridgehead atoms. The zero-order valence-electron chi connectivity index (χ0n) is 11.6. The van der Waals surface area contributed by atoms with Gasteiger partial charge < -0.3 is 9.64 Å². The second-order valence-electron chi connectivity index (χ2n) is 4.55. The summed E-state index contributed by atoms with van der Waals surface area (Å²) in [5, 5.41) is 0. The van der Waals surface area contributed by atoms with Gasteiger partial charge in [0.15, 0.2) is 0 Å². The quantitative estimate of drug-likeness (QED) is 0.766. The van der Waals surface area contributed by atoms with E-state index < -0.39 is 0 Å². The normalized spacial score (nSPS) is 10.4. The Morgan fingerprint density at radius 2 is 1.80 bits per heavy atom. The fourth-order valence-electron chi connectivity index (χ4n) is 2.26. The molecule has 2 rings (SSSR count). The summed E-state index contributed by atoms with van der Waals surface area (Å²) in [6, 6.07) is 12.7. The standard InChI is InChI=1S/C16H17ClFNO/c1-19(11-13-6-3-4-9-15(13)20-2)16-12(10-17)7-5-8-14(16)18/h3-9H,10-11H2,1-2H3. The van der Waals surface area contributed by atoms with Crippen molar-refractivity contribution in [1.29, 1.82) is 0 Å². The monoisotopic (exact) mass is 293 g/mol. The molecule has 0 aromatic heterocycles. The Balaban J connectivity index is 2.31. The van der Waals surface area contributed by atoms with Crippen LogP contribution in [0, 0.1) is 5.82 Å². The first-order valence-electron chi connectivity index (χ1n) is 6.33. The highest BCUT2D eigenvalue weighted by molar-refractivity contribution is 6.17. The van der Waals surface area contributed by atoms with Crippen molar-refractivity contribution in [1.82, 2.24) is 0 Å². The van der Waals surface area contributed by atoms with E-state index in [4.69, 9.17) is 16.3 Å². The summed E-state index contributed by atoms with van der Waals surface area (Å²) in [4.78, 5) is 1.85. The lowest BCUT2D eigenvalue weighted by Crippen LogP contribution is -2.19. The summed E-state index contributed by atoms with van der Waals surface area (Å²) in [5.74, 6) is 0.812. The zero-order chi connectivity index (χ0) is 14.5. The predicted molar refractivity (Wildman–Crippen MR) is 81.1 cm³/mol. The average molecular weight is 294 g/mol. The third kappa shape index (κ3) is 3.05. The molecule has 0 N–H and O–H groups in total. The number of hydrogen-bond donors (Lipinski definition) is 0. The molecular formula is C16H17ClFNO. The third-order valence-corrected chi connectivity index (χ3v) is 3.48. The fraction of sp³-hybridized carbons (Fsp3) is 0.250. The molecular weight excluding hydrogens is 277 g/mol. The smallest absolute Gasteiger partial charge is 0.146 e. The maximum atomic E-state index is 14.0. The summed E-state index contributed by atoms with van der Waals surface area (Å²) in [6.45, 7) is 0.550. The van der Waals surface area contributed by atoms with Crippen molar-refractivity contribution in [3.05, 3.63) is 59.4 Å². The van der Waals surface area contributed by atoms with Crippen LogP contribution in [-0.4, -0.2) is 14.2 Å². The lowest BCUT2D eigenvalue weighted by Gasteiger charge is -2.23. The molecule has 0 atom stereocenters. The van der Waals surface area contributed by atoms with E-state index in [0.29, 0.717) is 12.2 Å². The Hall–Kier alpha value is -1.74. The van der Waals surface area contributed by atoms with E-state index in [1.54, 1.807) is 13.2 Å². The van der Waals surface area contributed by atoms with E-state index in [-0.39, 0.29) is 11.7 Å². The molecule has 0 saturated carbocycles. The second-order valence-corrected chi connectivity index (χ2v) is 4.82. The van der Waals surface area contributed by atoms with Crippen LogP contribution in [0.4, 0.5) is 10.1 Å². The lowest BCUT2D eigenvalue weighted by atomic mass is 10.1. The summed E-state index contributed by atoms with van der Waals surface area (Å²) >= 11 is 5.89. The summed E-state index contributed by atoms with van der Waals surface area (Å²) in [7, 11) is 3.48. The highest BCUT2D eigenvalue weighted by atomic mass is 35.5. The number of para-hydroxylation sites is 2. The molecule has 20 heavy (non-hydrogen) atoms. The Morgan fingerprint density at radius 3 is 2.50 bits per heavy atom. The first-order valence-corrected chi connectivity index (χ1v) is 6.87. The zero-order valence-corrected chi connectivity index (χ0v) is 12.3. The molecule has 0 aliphatic carbocycles. The lowest BCUT2D eigenvalue weighted by molar-refractivity contribution is 0.409. The van der Waals surface area contributed by atoms with Crippen LogP contribution in [0.3, 0.4) is 0 Å². The van der Waals surface area contributed by atoms with E-state index in [0.717, 1.165) is 16.9 Å². The minimum absolute atomic E-state index is 0.263. The first-order chi connectivity index (χ1) is 9.67. The Morgan fingerprint density at radius 1 is 1.10 bits per heavy atom. The van der Waals surface area contributed by atoms with Crippen molar-refractivity contribution < 1.29 is 9.13 Å². The highest BCUT2D eigenvalue weighted by Gasteiger charge is 2.14.